The van der Waals surface area contributed by atoms with Gasteiger partial charge in [-0.15, -0.1) is 0 Å². The number of imidazole rings is 1. The predicted octanol–water partition coefficient (Wildman–Crippen LogP) is 0.0971. The maximum atomic E-state index is 4.36. The second kappa shape index (κ2) is 2.54. The van der Waals surface area contributed by atoms with Crippen LogP contribution in [0.5, 0.6) is 0 Å². The normalized spacial score (nSPS) is 16.1. The van der Waals surface area contributed by atoms with Crippen molar-refractivity contribution in [1.82, 2.24) is 15.3 Å². The number of anilines is 1. The molecular weight excluding hydrogens is 140 g/mol. The van der Waals surface area contributed by atoms with Crippen molar-refractivity contribution >= 4 is 5.95 Å². The minimum atomic E-state index is 0.874. The molecule has 0 aromatic carbocycles. The summed E-state index contributed by atoms with van der Waals surface area (Å²) in [5.74, 6) is 0.874. The van der Waals surface area contributed by atoms with Crippen LogP contribution in [0.4, 0.5) is 5.95 Å². The van der Waals surface area contributed by atoms with Crippen LogP contribution in [0.2, 0.25) is 0 Å². The van der Waals surface area contributed by atoms with E-state index in [2.05, 4.69) is 20.6 Å². The third-order valence-corrected chi connectivity index (χ3v) is 1.94. The van der Waals surface area contributed by atoms with Gasteiger partial charge in [0.1, 0.15) is 0 Å². The van der Waals surface area contributed by atoms with Crippen molar-refractivity contribution in [3.05, 3.63) is 11.4 Å². The van der Waals surface area contributed by atoms with Crippen LogP contribution in [0.15, 0.2) is 0 Å². The van der Waals surface area contributed by atoms with E-state index in [1.54, 1.807) is 0 Å². The zero-order valence-electron chi connectivity index (χ0n) is 6.57. The molecule has 3 N–H and O–H groups in total. The van der Waals surface area contributed by atoms with Gasteiger partial charge >= 0.3 is 0 Å². The highest BCUT2D eigenvalue weighted by atomic mass is 15.1. The number of hydrogen-bond acceptors (Lipinski definition) is 3. The molecule has 0 aliphatic carbocycles. The van der Waals surface area contributed by atoms with Gasteiger partial charge in [0.2, 0.25) is 0 Å². The van der Waals surface area contributed by atoms with Crippen LogP contribution < -0.4 is 10.6 Å². The van der Waals surface area contributed by atoms with Gasteiger partial charge in [-0.1, -0.05) is 0 Å². The lowest BCUT2D eigenvalue weighted by atomic mass is 10.2. The molecular formula is C7H12N4. The second-order valence-electron chi connectivity index (χ2n) is 2.69. The number of rotatable bonds is 1. The molecule has 11 heavy (non-hydrogen) atoms. The highest BCUT2D eigenvalue weighted by Gasteiger charge is 2.12. The molecule has 0 spiro atoms. The van der Waals surface area contributed by atoms with Crippen LogP contribution in [0.3, 0.4) is 0 Å². The average Bonchev–Trinajstić information content (AvgIpc) is 2.46. The number of aromatic nitrogens is 2. The zero-order valence-corrected chi connectivity index (χ0v) is 6.57. The summed E-state index contributed by atoms with van der Waals surface area (Å²) in [6.07, 6.45) is 1.04. The summed E-state index contributed by atoms with van der Waals surface area (Å²) in [4.78, 5) is 7.56. The van der Waals surface area contributed by atoms with E-state index in [4.69, 9.17) is 0 Å². The molecule has 0 saturated carbocycles. The van der Waals surface area contributed by atoms with Crippen molar-refractivity contribution in [3.63, 3.8) is 0 Å². The SMILES string of the molecule is CNc1nc2c([nH]1)CNCC2. The minimum Gasteiger partial charge on any atom is -0.359 e. The number of H-pyrrole nitrogens is 1. The summed E-state index contributed by atoms with van der Waals surface area (Å²) >= 11 is 0. The van der Waals surface area contributed by atoms with Crippen LogP contribution in [0.1, 0.15) is 11.4 Å². The van der Waals surface area contributed by atoms with Crippen molar-refractivity contribution in [3.8, 4) is 0 Å². The van der Waals surface area contributed by atoms with Gasteiger partial charge in [-0.2, -0.15) is 0 Å². The van der Waals surface area contributed by atoms with E-state index < -0.39 is 0 Å². The molecule has 1 aromatic rings. The van der Waals surface area contributed by atoms with Crippen LogP contribution in [0.25, 0.3) is 0 Å². The second-order valence-corrected chi connectivity index (χ2v) is 2.69. The molecule has 0 amide bonds. The van der Waals surface area contributed by atoms with Gasteiger partial charge < -0.3 is 15.6 Å². The maximum Gasteiger partial charge on any atom is 0.200 e. The molecule has 2 rings (SSSR count). The summed E-state index contributed by atoms with van der Waals surface area (Å²) < 4.78 is 0. The third-order valence-electron chi connectivity index (χ3n) is 1.94. The average molecular weight is 152 g/mol. The molecule has 0 fully saturated rings. The van der Waals surface area contributed by atoms with Crippen molar-refractivity contribution in [2.24, 2.45) is 0 Å². The van der Waals surface area contributed by atoms with Gasteiger partial charge in [-0.3, -0.25) is 0 Å². The molecule has 0 atom stereocenters. The Labute approximate surface area is 65.4 Å². The third kappa shape index (κ3) is 1.09. The summed E-state index contributed by atoms with van der Waals surface area (Å²) in [6, 6.07) is 0. The molecule has 0 unspecified atom stereocenters. The fourth-order valence-corrected chi connectivity index (χ4v) is 1.34. The fourth-order valence-electron chi connectivity index (χ4n) is 1.34. The van der Waals surface area contributed by atoms with Gasteiger partial charge in [-0.05, 0) is 0 Å². The Bertz CT molecular complexity index is 229. The topological polar surface area (TPSA) is 52.7 Å². The Balaban J connectivity index is 2.32. The zero-order chi connectivity index (χ0) is 7.68. The lowest BCUT2D eigenvalue weighted by Crippen LogP contribution is -2.23. The number of aromatic amines is 1. The predicted molar refractivity (Wildman–Crippen MR) is 43.5 cm³/mol. The van der Waals surface area contributed by atoms with Gasteiger partial charge in [0, 0.05) is 26.6 Å². The molecule has 0 radical (unpaired) electrons. The maximum absolute atomic E-state index is 4.36. The van der Waals surface area contributed by atoms with Gasteiger partial charge in [-0.25, -0.2) is 4.98 Å². The molecule has 0 saturated heterocycles. The van der Waals surface area contributed by atoms with E-state index in [1.165, 1.54) is 11.4 Å². The highest BCUT2D eigenvalue weighted by molar-refractivity contribution is 5.31. The van der Waals surface area contributed by atoms with Crippen molar-refractivity contribution < 1.29 is 0 Å². The van der Waals surface area contributed by atoms with Crippen molar-refractivity contribution in [2.75, 3.05) is 18.9 Å². The number of nitrogens with one attached hydrogen (secondary N) is 3. The van der Waals surface area contributed by atoms with Crippen LogP contribution in [-0.4, -0.2) is 23.6 Å². The molecule has 4 nitrogen and oxygen atoms in total. The fraction of sp³-hybridized carbons (Fsp3) is 0.571. The first-order valence-electron chi connectivity index (χ1n) is 3.86. The molecule has 0 bridgehead atoms. The number of nitrogens with zero attached hydrogens (tertiary/aromatic N) is 1. The number of hydrogen-bond donors (Lipinski definition) is 3. The van der Waals surface area contributed by atoms with E-state index in [9.17, 15) is 0 Å². The standard InChI is InChI=1S/C7H12N4/c1-8-7-10-5-2-3-9-4-6(5)11-7/h9H,2-4H2,1H3,(H2,8,10,11). The summed E-state index contributed by atoms with van der Waals surface area (Å²) in [5, 5.41) is 6.27. The first-order chi connectivity index (χ1) is 5.40. The van der Waals surface area contributed by atoms with Crippen LogP contribution in [-0.2, 0) is 13.0 Å². The van der Waals surface area contributed by atoms with Crippen LogP contribution >= 0.6 is 0 Å². The van der Waals surface area contributed by atoms with E-state index in [0.717, 1.165) is 25.5 Å². The van der Waals surface area contributed by atoms with Gasteiger partial charge in [0.25, 0.3) is 0 Å². The van der Waals surface area contributed by atoms with Gasteiger partial charge in [0.05, 0.1) is 11.4 Å². The quantitative estimate of drug-likeness (QED) is 0.535. The summed E-state index contributed by atoms with van der Waals surface area (Å²) in [7, 11) is 1.87. The first-order valence-corrected chi connectivity index (χ1v) is 3.86. The smallest absolute Gasteiger partial charge is 0.200 e. The lowest BCUT2D eigenvalue weighted by Gasteiger charge is -2.09. The van der Waals surface area contributed by atoms with Crippen LogP contribution in [0, 0.1) is 0 Å². The Morgan fingerprint density at radius 1 is 1.55 bits per heavy atom. The molecule has 4 heteroatoms. The largest absolute Gasteiger partial charge is 0.359 e. The molecule has 1 aromatic heterocycles. The molecule has 1 aliphatic heterocycles. The Kier molecular flexibility index (Phi) is 1.54. The van der Waals surface area contributed by atoms with Crippen molar-refractivity contribution in [2.45, 2.75) is 13.0 Å². The Morgan fingerprint density at radius 3 is 3.18 bits per heavy atom. The van der Waals surface area contributed by atoms with Gasteiger partial charge in [0.15, 0.2) is 5.95 Å². The monoisotopic (exact) mass is 152 g/mol. The summed E-state index contributed by atoms with van der Waals surface area (Å²) in [6.45, 7) is 1.96. The number of fused-ring (bicyclic) bond motifs is 1. The highest BCUT2D eigenvalue weighted by Crippen LogP contribution is 2.12. The molecule has 60 valence electrons. The van der Waals surface area contributed by atoms with E-state index in [0.29, 0.717) is 0 Å². The van der Waals surface area contributed by atoms with E-state index in [-0.39, 0.29) is 0 Å². The summed E-state index contributed by atoms with van der Waals surface area (Å²) in [5.41, 5.74) is 2.42. The molecule has 2 heterocycles. The van der Waals surface area contributed by atoms with E-state index >= 15 is 0 Å². The van der Waals surface area contributed by atoms with E-state index in [1.807, 2.05) is 7.05 Å². The lowest BCUT2D eigenvalue weighted by molar-refractivity contribution is 0.627. The first kappa shape index (κ1) is 6.67. The Hall–Kier alpha value is -1.03. The van der Waals surface area contributed by atoms with Crippen molar-refractivity contribution in [1.29, 1.82) is 0 Å². The minimum absolute atomic E-state index is 0.874. The Morgan fingerprint density at radius 2 is 2.45 bits per heavy atom. The molecule has 1 aliphatic rings.